The SMILES string of the molecule is Cc1ccc(S(=O)(=O)Oc2ccc([C@H](Oc3ccc(C=O)cc3I)[C@H](O)CO)cc2)cc1. The van der Waals surface area contributed by atoms with Crippen LogP contribution in [0.1, 0.15) is 27.6 Å². The summed E-state index contributed by atoms with van der Waals surface area (Å²) in [6.45, 7) is 1.31. The zero-order valence-corrected chi connectivity index (χ0v) is 20.0. The molecule has 9 heteroatoms. The number of ether oxygens (including phenoxy) is 1. The van der Waals surface area contributed by atoms with E-state index in [1.54, 1.807) is 42.5 Å². The van der Waals surface area contributed by atoms with Crippen LogP contribution in [-0.4, -0.2) is 37.6 Å². The van der Waals surface area contributed by atoms with Gasteiger partial charge in [-0.2, -0.15) is 8.42 Å². The van der Waals surface area contributed by atoms with Crippen molar-refractivity contribution in [3.05, 3.63) is 87.0 Å². The summed E-state index contributed by atoms with van der Waals surface area (Å²) in [4.78, 5) is 11.0. The molecule has 0 aliphatic carbocycles. The monoisotopic (exact) mass is 568 g/mol. The molecule has 0 unspecified atom stereocenters. The second-order valence-corrected chi connectivity index (χ2v) is 9.72. The van der Waals surface area contributed by atoms with Crippen LogP contribution in [0.3, 0.4) is 0 Å². The third kappa shape index (κ3) is 5.85. The van der Waals surface area contributed by atoms with Crippen molar-refractivity contribution < 1.29 is 32.3 Å². The van der Waals surface area contributed by atoms with Crippen LogP contribution in [-0.2, 0) is 10.1 Å². The smallest absolute Gasteiger partial charge is 0.339 e. The number of hydrogen-bond donors (Lipinski definition) is 2. The van der Waals surface area contributed by atoms with Crippen molar-refractivity contribution in [2.24, 2.45) is 0 Å². The predicted molar refractivity (Wildman–Crippen MR) is 126 cm³/mol. The van der Waals surface area contributed by atoms with Gasteiger partial charge in [-0.1, -0.05) is 29.8 Å². The Kier molecular flexibility index (Phi) is 7.88. The first-order valence-corrected chi connectivity index (χ1v) is 12.0. The molecule has 3 aromatic carbocycles. The van der Waals surface area contributed by atoms with Gasteiger partial charge in [0, 0.05) is 5.56 Å². The highest BCUT2D eigenvalue weighted by atomic mass is 127. The van der Waals surface area contributed by atoms with E-state index in [1.807, 2.05) is 29.5 Å². The third-order valence-corrected chi connectivity index (χ3v) is 6.71. The van der Waals surface area contributed by atoms with Gasteiger partial charge in [-0.15, -0.1) is 0 Å². The fraction of sp³-hybridized carbons (Fsp3) is 0.174. The van der Waals surface area contributed by atoms with Crippen LogP contribution < -0.4 is 8.92 Å². The molecule has 0 aromatic heterocycles. The molecule has 0 fully saturated rings. The van der Waals surface area contributed by atoms with E-state index >= 15 is 0 Å². The molecule has 168 valence electrons. The normalized spacial score (nSPS) is 13.2. The topological polar surface area (TPSA) is 110 Å². The van der Waals surface area contributed by atoms with Gasteiger partial charge in [0.25, 0.3) is 0 Å². The summed E-state index contributed by atoms with van der Waals surface area (Å²) in [6, 6.07) is 17.1. The summed E-state index contributed by atoms with van der Waals surface area (Å²) in [5, 5.41) is 19.8. The Morgan fingerprint density at radius 2 is 1.69 bits per heavy atom. The first-order valence-electron chi connectivity index (χ1n) is 9.55. The minimum absolute atomic E-state index is 0.0393. The van der Waals surface area contributed by atoms with Gasteiger partial charge < -0.3 is 19.1 Å². The quantitative estimate of drug-likeness (QED) is 0.231. The summed E-state index contributed by atoms with van der Waals surface area (Å²) in [6.07, 6.45) is -1.45. The lowest BCUT2D eigenvalue weighted by molar-refractivity contribution is -0.00227. The van der Waals surface area contributed by atoms with Gasteiger partial charge in [0.1, 0.15) is 28.8 Å². The maximum absolute atomic E-state index is 12.5. The lowest BCUT2D eigenvalue weighted by Gasteiger charge is -2.24. The molecule has 0 saturated carbocycles. The van der Waals surface area contributed by atoms with Crippen molar-refractivity contribution in [1.29, 1.82) is 0 Å². The van der Waals surface area contributed by atoms with Crippen LogP contribution in [0, 0.1) is 10.5 Å². The van der Waals surface area contributed by atoms with Crippen LogP contribution in [0.2, 0.25) is 0 Å². The summed E-state index contributed by atoms with van der Waals surface area (Å²) in [7, 11) is -4.00. The molecular weight excluding hydrogens is 547 g/mol. The molecule has 0 heterocycles. The summed E-state index contributed by atoms with van der Waals surface area (Å²) >= 11 is 2.01. The maximum Gasteiger partial charge on any atom is 0.339 e. The van der Waals surface area contributed by atoms with Gasteiger partial charge >= 0.3 is 10.1 Å². The number of aliphatic hydroxyl groups excluding tert-OH is 2. The average Bonchev–Trinajstić information content (AvgIpc) is 2.78. The molecule has 3 rings (SSSR count). The largest absolute Gasteiger partial charge is 0.482 e. The molecule has 2 atom stereocenters. The lowest BCUT2D eigenvalue weighted by atomic mass is 10.0. The molecule has 2 N–H and O–H groups in total. The van der Waals surface area contributed by atoms with Crippen molar-refractivity contribution in [3.8, 4) is 11.5 Å². The number of carbonyl (C=O) groups is 1. The molecule has 3 aromatic rings. The Labute approximate surface area is 199 Å². The van der Waals surface area contributed by atoms with Gasteiger partial charge in [0.2, 0.25) is 0 Å². The summed E-state index contributed by atoms with van der Waals surface area (Å²) in [5.74, 6) is 0.521. The van der Waals surface area contributed by atoms with E-state index in [-0.39, 0.29) is 10.6 Å². The summed E-state index contributed by atoms with van der Waals surface area (Å²) < 4.78 is 36.7. The zero-order valence-electron chi connectivity index (χ0n) is 17.0. The maximum atomic E-state index is 12.5. The van der Waals surface area contributed by atoms with Crippen molar-refractivity contribution in [1.82, 2.24) is 0 Å². The number of carbonyl (C=O) groups excluding carboxylic acids is 1. The van der Waals surface area contributed by atoms with Crippen molar-refractivity contribution in [3.63, 3.8) is 0 Å². The highest BCUT2D eigenvalue weighted by Gasteiger charge is 2.24. The number of rotatable bonds is 9. The first kappa shape index (κ1) is 24.2. The molecule has 0 bridgehead atoms. The minimum Gasteiger partial charge on any atom is -0.482 e. The van der Waals surface area contributed by atoms with Gasteiger partial charge in [0.15, 0.2) is 6.10 Å². The first-order chi connectivity index (χ1) is 15.2. The fourth-order valence-corrected chi connectivity index (χ4v) is 4.48. The van der Waals surface area contributed by atoms with Crippen molar-refractivity contribution >= 4 is 39.0 Å². The minimum atomic E-state index is -4.00. The highest BCUT2D eigenvalue weighted by Crippen LogP contribution is 2.30. The molecule has 0 saturated heterocycles. The van der Waals surface area contributed by atoms with Crippen LogP contribution in [0.25, 0.3) is 0 Å². The molecule has 32 heavy (non-hydrogen) atoms. The molecule has 7 nitrogen and oxygen atoms in total. The molecule has 0 spiro atoms. The van der Waals surface area contributed by atoms with Crippen molar-refractivity contribution in [2.45, 2.75) is 24.0 Å². The Morgan fingerprint density at radius 1 is 1.03 bits per heavy atom. The summed E-state index contributed by atoms with van der Waals surface area (Å²) in [5.41, 5.74) is 1.91. The predicted octanol–water partition coefficient (Wildman–Crippen LogP) is 3.65. The van der Waals surface area contributed by atoms with E-state index < -0.39 is 28.9 Å². The van der Waals surface area contributed by atoms with Gasteiger partial charge in [0.05, 0.1) is 10.2 Å². The van der Waals surface area contributed by atoms with E-state index in [4.69, 9.17) is 8.92 Å². The zero-order chi connectivity index (χ0) is 23.3. The number of aldehydes is 1. The van der Waals surface area contributed by atoms with Crippen LogP contribution in [0.5, 0.6) is 11.5 Å². The fourth-order valence-electron chi connectivity index (χ4n) is 2.88. The van der Waals surface area contributed by atoms with Crippen LogP contribution in [0.4, 0.5) is 0 Å². The number of halogens is 1. The number of aryl methyl sites for hydroxylation is 1. The lowest BCUT2D eigenvalue weighted by Crippen LogP contribution is -2.27. The van der Waals surface area contributed by atoms with Crippen LogP contribution >= 0.6 is 22.6 Å². The van der Waals surface area contributed by atoms with Crippen molar-refractivity contribution in [2.75, 3.05) is 6.61 Å². The Bertz CT molecular complexity index is 1180. The average molecular weight is 568 g/mol. The second-order valence-electron chi connectivity index (χ2n) is 7.02. The molecular formula is C23H21IO7S. The highest BCUT2D eigenvalue weighted by molar-refractivity contribution is 14.1. The van der Waals surface area contributed by atoms with E-state index in [0.29, 0.717) is 20.4 Å². The van der Waals surface area contributed by atoms with Crippen LogP contribution in [0.15, 0.2) is 71.6 Å². The van der Waals surface area contributed by atoms with E-state index in [0.717, 1.165) is 11.8 Å². The second kappa shape index (κ2) is 10.4. The van der Waals surface area contributed by atoms with E-state index in [1.165, 1.54) is 24.3 Å². The van der Waals surface area contributed by atoms with Gasteiger partial charge in [-0.05, 0) is 77.5 Å². The standard InChI is InChI=1S/C23H21IO7S/c1-15-2-9-19(10-3-15)32(28,29)31-18-7-5-17(6-8-18)23(21(27)14-26)30-22-11-4-16(13-25)12-20(22)24/h2-13,21,23,26-27H,14H2,1H3/t21-,23+/m1/s1. The molecule has 0 amide bonds. The molecule has 0 radical (unpaired) electrons. The van der Waals surface area contributed by atoms with E-state index in [9.17, 15) is 23.4 Å². The Balaban J connectivity index is 1.82. The third-order valence-electron chi connectivity index (χ3n) is 4.61. The van der Waals surface area contributed by atoms with Gasteiger partial charge in [-0.25, -0.2) is 0 Å². The van der Waals surface area contributed by atoms with Gasteiger partial charge in [-0.3, -0.25) is 4.79 Å². The van der Waals surface area contributed by atoms with E-state index in [2.05, 4.69) is 0 Å². The number of hydrogen-bond acceptors (Lipinski definition) is 7. The number of benzene rings is 3. The molecule has 0 aliphatic rings. The Morgan fingerprint density at radius 3 is 2.25 bits per heavy atom. The molecule has 0 aliphatic heterocycles. The number of aliphatic hydroxyl groups is 2. The Hall–Kier alpha value is -2.47.